The van der Waals surface area contributed by atoms with Crippen LogP contribution in [0.1, 0.15) is 20.6 Å². The molecule has 0 fully saturated rings. The lowest BCUT2D eigenvalue weighted by Crippen LogP contribution is -1.93. The predicted octanol–water partition coefficient (Wildman–Crippen LogP) is 14.4. The highest BCUT2D eigenvalue weighted by molar-refractivity contribution is 6.28. The molecule has 1 heterocycles. The summed E-state index contributed by atoms with van der Waals surface area (Å²) in [4.78, 5) is 0. The highest BCUT2D eigenvalue weighted by atomic mass is 16.3. The maximum Gasteiger partial charge on any atom is 0.136 e. The second kappa shape index (κ2) is 10.9. The molecule has 0 amide bonds. The van der Waals surface area contributed by atoms with Crippen molar-refractivity contribution >= 4 is 75.8 Å². The molecule has 0 atom stereocenters. The van der Waals surface area contributed by atoms with Crippen LogP contribution < -0.4 is 0 Å². The Balaban J connectivity index is 1.41. The minimum Gasteiger partial charge on any atom is -0.456 e. The van der Waals surface area contributed by atoms with E-state index in [1.807, 2.05) is 78.9 Å². The molecule has 236 valence electrons. The van der Waals surface area contributed by atoms with Gasteiger partial charge in [-0.15, -0.1) is 0 Å². The van der Waals surface area contributed by atoms with Crippen molar-refractivity contribution in [3.63, 3.8) is 0 Å². The van der Waals surface area contributed by atoms with Crippen LogP contribution in [0, 0.1) is 0 Å². The molecule has 0 saturated carbocycles. The Morgan fingerprint density at radius 2 is 0.863 bits per heavy atom. The van der Waals surface area contributed by atoms with E-state index in [1.54, 1.807) is 12.1 Å². The summed E-state index contributed by atoms with van der Waals surface area (Å²) in [6.45, 7) is 0. The maximum atomic E-state index is 9.65. The van der Waals surface area contributed by atoms with Gasteiger partial charge in [-0.2, -0.15) is 0 Å². The van der Waals surface area contributed by atoms with Crippen LogP contribution in [0.5, 0.6) is 0 Å². The zero-order valence-electron chi connectivity index (χ0n) is 41.6. The van der Waals surface area contributed by atoms with E-state index in [1.165, 1.54) is 0 Å². The Kier molecular flexibility index (Phi) is 3.70. The zero-order valence-corrected chi connectivity index (χ0v) is 26.6. The number of hydrogen-bond acceptors (Lipinski definition) is 1. The Labute approximate surface area is 315 Å². The minimum atomic E-state index is -0.762. The van der Waals surface area contributed by atoms with Crippen molar-refractivity contribution < 1.29 is 25.0 Å². The fourth-order valence-corrected chi connectivity index (χ4v) is 7.73. The Morgan fingerprint density at radius 3 is 1.61 bits per heavy atom. The van der Waals surface area contributed by atoms with Gasteiger partial charge in [-0.1, -0.05) is 169 Å². The van der Waals surface area contributed by atoms with Crippen molar-refractivity contribution in [1.29, 1.82) is 0 Å². The summed E-state index contributed by atoms with van der Waals surface area (Å²) >= 11 is 0. The van der Waals surface area contributed by atoms with Crippen LogP contribution >= 0.6 is 0 Å². The van der Waals surface area contributed by atoms with Crippen molar-refractivity contribution in [2.24, 2.45) is 0 Å². The Morgan fingerprint density at radius 1 is 0.314 bits per heavy atom. The normalized spacial score (nSPS) is 16.0. The van der Waals surface area contributed by atoms with E-state index in [-0.39, 0.29) is 32.7 Å². The van der Waals surface area contributed by atoms with Gasteiger partial charge >= 0.3 is 0 Å². The van der Waals surface area contributed by atoms with Gasteiger partial charge in [0, 0.05) is 10.8 Å². The fourth-order valence-electron chi connectivity index (χ4n) is 7.73. The van der Waals surface area contributed by atoms with Gasteiger partial charge in [0.25, 0.3) is 0 Å². The quantitative estimate of drug-likeness (QED) is 0.172. The number of fused-ring (bicyclic) bond motifs is 9. The van der Waals surface area contributed by atoms with Gasteiger partial charge in [0.15, 0.2) is 0 Å². The smallest absolute Gasteiger partial charge is 0.136 e. The second-order valence-electron chi connectivity index (χ2n) is 12.4. The molecular weight excluding hydrogens is 617 g/mol. The van der Waals surface area contributed by atoms with Crippen LogP contribution in [0.3, 0.4) is 0 Å². The standard InChI is InChI=1S/C50H30O/c1-3-18-34-31(13-1)15-9-24-36(34)47-38-20-5-7-22-40(38)48(41-23-8-6-21-39(41)47)43-27-11-17-33-16-10-25-37(46(33)43)42-26-12-28-44-50(42)49-35-19-4-2-14-32(35)29-30-45(49)51-44/h1-30H/i1D,3D,5D,6D,7D,8D,9D,13D,15D,18D,20D,21D,22D,23D,24D. The van der Waals surface area contributed by atoms with Crippen LogP contribution in [-0.4, -0.2) is 0 Å². The number of furan rings is 1. The number of hydrogen-bond donors (Lipinski definition) is 0. The van der Waals surface area contributed by atoms with Gasteiger partial charge in [-0.05, 0) is 99.4 Å². The monoisotopic (exact) mass is 661 g/mol. The summed E-state index contributed by atoms with van der Waals surface area (Å²) in [6.07, 6.45) is 0. The van der Waals surface area contributed by atoms with Gasteiger partial charge in [0.2, 0.25) is 0 Å². The molecule has 0 radical (unpaired) electrons. The van der Waals surface area contributed by atoms with Crippen molar-refractivity contribution in [2.45, 2.75) is 0 Å². The van der Waals surface area contributed by atoms with Crippen molar-refractivity contribution in [1.82, 2.24) is 0 Å². The third-order valence-electron chi connectivity index (χ3n) is 9.79. The summed E-state index contributed by atoms with van der Waals surface area (Å²) in [5.74, 6) is 0. The molecule has 10 aromatic carbocycles. The summed E-state index contributed by atoms with van der Waals surface area (Å²) < 4.78 is 143. The first-order valence-corrected chi connectivity index (χ1v) is 16.4. The molecule has 0 aliphatic heterocycles. The Bertz CT molecular complexity index is 3970. The molecule has 0 bridgehead atoms. The van der Waals surface area contributed by atoms with E-state index in [4.69, 9.17) is 18.1 Å². The van der Waals surface area contributed by atoms with E-state index in [2.05, 4.69) is 0 Å². The van der Waals surface area contributed by atoms with Crippen LogP contribution in [0.15, 0.2) is 186 Å². The molecule has 51 heavy (non-hydrogen) atoms. The molecule has 1 heteroatoms. The maximum absolute atomic E-state index is 9.65. The van der Waals surface area contributed by atoms with E-state index in [9.17, 15) is 6.85 Å². The summed E-state index contributed by atoms with van der Waals surface area (Å²) in [5.41, 5.74) is 2.27. The van der Waals surface area contributed by atoms with Gasteiger partial charge in [0.1, 0.15) is 11.2 Å². The van der Waals surface area contributed by atoms with Crippen LogP contribution in [0.4, 0.5) is 0 Å². The van der Waals surface area contributed by atoms with Crippen LogP contribution in [0.25, 0.3) is 109 Å². The van der Waals surface area contributed by atoms with Gasteiger partial charge in [0.05, 0.1) is 20.6 Å². The van der Waals surface area contributed by atoms with Crippen molar-refractivity contribution in [3.8, 4) is 33.4 Å². The average molecular weight is 662 g/mol. The lowest BCUT2D eigenvalue weighted by molar-refractivity contribution is 0.669. The Hall–Kier alpha value is -6.70. The largest absolute Gasteiger partial charge is 0.456 e. The molecule has 0 saturated heterocycles. The number of rotatable bonds is 3. The molecular formula is C50H30O. The summed E-state index contributed by atoms with van der Waals surface area (Å²) in [7, 11) is 0. The highest BCUT2D eigenvalue weighted by Crippen LogP contribution is 2.49. The van der Waals surface area contributed by atoms with Crippen LogP contribution in [0.2, 0.25) is 0 Å². The first kappa shape index (κ1) is 17.3. The summed E-state index contributed by atoms with van der Waals surface area (Å²) in [6, 6.07) is 18.3. The average Bonchev–Trinajstić information content (AvgIpc) is 3.72. The SMILES string of the molecule is [2H]c1c([2H])c([2H])c2c(-c3c4c([2H])c([2H])c([2H])c([2H])c4c(-c4cccc5cccc(-c6cccc7oc8ccc9ccccc9c8c67)c45)c4c([2H])c([2H])c([2H])c([2H])c34)c([2H])c([2H])c([2H])c2c1[2H]. The van der Waals surface area contributed by atoms with E-state index in [0.29, 0.717) is 33.1 Å². The lowest BCUT2D eigenvalue weighted by Gasteiger charge is -2.20. The van der Waals surface area contributed by atoms with E-state index < -0.39 is 107 Å². The minimum absolute atomic E-state index is 0.0245. The number of benzene rings is 10. The van der Waals surface area contributed by atoms with E-state index in [0.717, 1.165) is 27.1 Å². The van der Waals surface area contributed by atoms with Crippen molar-refractivity contribution in [2.75, 3.05) is 0 Å². The van der Waals surface area contributed by atoms with Gasteiger partial charge in [-0.25, -0.2) is 0 Å². The van der Waals surface area contributed by atoms with Crippen LogP contribution in [-0.2, 0) is 0 Å². The molecule has 0 aliphatic rings. The van der Waals surface area contributed by atoms with Crippen molar-refractivity contribution in [3.05, 3.63) is 182 Å². The lowest BCUT2D eigenvalue weighted by atomic mass is 9.82. The van der Waals surface area contributed by atoms with E-state index >= 15 is 0 Å². The molecule has 0 unspecified atom stereocenters. The first-order chi connectivity index (χ1) is 31.6. The topological polar surface area (TPSA) is 13.1 Å². The first-order valence-electron chi connectivity index (χ1n) is 23.9. The molecule has 0 N–H and O–H groups in total. The third kappa shape index (κ3) is 4.09. The molecule has 0 aliphatic carbocycles. The fraction of sp³-hybridized carbons (Fsp3) is 0. The predicted molar refractivity (Wildman–Crippen MR) is 218 cm³/mol. The molecule has 11 rings (SSSR count). The third-order valence-corrected chi connectivity index (χ3v) is 9.79. The highest BCUT2D eigenvalue weighted by Gasteiger charge is 2.22. The second-order valence-corrected chi connectivity index (χ2v) is 12.4. The molecule has 11 aromatic rings. The molecule has 1 aromatic heterocycles. The molecule has 1 nitrogen and oxygen atoms in total. The summed E-state index contributed by atoms with van der Waals surface area (Å²) in [5, 5.41) is 3.06. The molecule has 0 spiro atoms. The zero-order chi connectivity index (χ0) is 46.5. The van der Waals surface area contributed by atoms with Gasteiger partial charge in [-0.3, -0.25) is 0 Å². The van der Waals surface area contributed by atoms with Gasteiger partial charge < -0.3 is 4.42 Å².